The highest BCUT2D eigenvalue weighted by Crippen LogP contribution is 2.21. The monoisotopic (exact) mass is 355 g/mol. The van der Waals surface area contributed by atoms with E-state index in [0.717, 1.165) is 57.1 Å². The number of ether oxygens (including phenoxy) is 1. The summed E-state index contributed by atoms with van der Waals surface area (Å²) in [6.45, 7) is 7.64. The lowest BCUT2D eigenvalue weighted by Crippen LogP contribution is -2.49. The fourth-order valence-corrected chi connectivity index (χ4v) is 3.74. The van der Waals surface area contributed by atoms with Crippen LogP contribution < -0.4 is 0 Å². The minimum absolute atomic E-state index is 0.00149. The summed E-state index contributed by atoms with van der Waals surface area (Å²) < 4.78 is 7.48. The molecule has 0 N–H and O–H groups in total. The number of morpholine rings is 1. The van der Waals surface area contributed by atoms with Crippen LogP contribution in [0.25, 0.3) is 0 Å². The molecule has 4 heterocycles. The van der Waals surface area contributed by atoms with E-state index >= 15 is 0 Å². The van der Waals surface area contributed by atoms with Gasteiger partial charge < -0.3 is 9.64 Å². The van der Waals surface area contributed by atoms with Crippen molar-refractivity contribution >= 4 is 5.91 Å². The Kier molecular flexibility index (Phi) is 4.99. The van der Waals surface area contributed by atoms with Gasteiger partial charge >= 0.3 is 0 Å². The van der Waals surface area contributed by atoms with Gasteiger partial charge in [-0.05, 0) is 37.1 Å². The normalized spacial score (nSPS) is 21.3. The molecule has 7 nitrogen and oxygen atoms in total. The van der Waals surface area contributed by atoms with Gasteiger partial charge in [0.05, 0.1) is 25.5 Å². The molecule has 2 aromatic rings. The van der Waals surface area contributed by atoms with Crippen molar-refractivity contribution in [3.05, 3.63) is 47.5 Å². The molecule has 0 bridgehead atoms. The number of pyridine rings is 1. The number of hydrogen-bond donors (Lipinski definition) is 0. The predicted octanol–water partition coefficient (Wildman–Crippen LogP) is 1.33. The van der Waals surface area contributed by atoms with Crippen LogP contribution >= 0.6 is 0 Å². The summed E-state index contributed by atoms with van der Waals surface area (Å²) >= 11 is 0. The second-order valence-corrected chi connectivity index (χ2v) is 7.05. The third-order valence-corrected chi connectivity index (χ3v) is 5.22. The lowest BCUT2D eigenvalue weighted by Gasteiger charge is -2.35. The van der Waals surface area contributed by atoms with E-state index in [9.17, 15) is 4.79 Å². The van der Waals surface area contributed by atoms with Gasteiger partial charge in [0.25, 0.3) is 5.91 Å². The number of aryl methyl sites for hydroxylation is 2. The zero-order valence-electron chi connectivity index (χ0n) is 15.2. The Hall–Kier alpha value is -2.25. The van der Waals surface area contributed by atoms with Gasteiger partial charge in [0.1, 0.15) is 5.69 Å². The maximum Gasteiger partial charge on any atom is 0.273 e. The summed E-state index contributed by atoms with van der Waals surface area (Å²) in [5.74, 6) is 0.00149. The molecule has 0 aromatic carbocycles. The van der Waals surface area contributed by atoms with Gasteiger partial charge in [-0.2, -0.15) is 5.10 Å². The average Bonchev–Trinajstić information content (AvgIpc) is 3.04. The van der Waals surface area contributed by atoms with Gasteiger partial charge in [0.15, 0.2) is 0 Å². The van der Waals surface area contributed by atoms with Crippen LogP contribution in [-0.2, 0) is 17.8 Å². The number of aromatic nitrogens is 3. The van der Waals surface area contributed by atoms with E-state index in [4.69, 9.17) is 4.74 Å². The first-order valence-corrected chi connectivity index (χ1v) is 9.25. The van der Waals surface area contributed by atoms with E-state index in [0.29, 0.717) is 12.2 Å². The molecule has 1 atom stereocenters. The molecule has 1 amide bonds. The van der Waals surface area contributed by atoms with Crippen LogP contribution in [0, 0.1) is 6.92 Å². The number of hydrogen-bond acceptors (Lipinski definition) is 5. The molecule has 1 saturated heterocycles. The molecule has 2 aliphatic heterocycles. The number of rotatable bonds is 3. The smallest absolute Gasteiger partial charge is 0.273 e. The molecule has 0 saturated carbocycles. The first kappa shape index (κ1) is 17.2. The van der Waals surface area contributed by atoms with E-state index in [1.54, 1.807) is 6.20 Å². The van der Waals surface area contributed by atoms with Crippen LogP contribution in [0.2, 0.25) is 0 Å². The number of amides is 1. The standard InChI is InChI=1S/C19H25N5O2/c1-15-2-5-20-18(12-15)19(25)23-14-17-3-6-21-24(17)7-4-16(23)13-22-8-10-26-11-9-22/h2-3,5-6,12,16H,4,7-11,13-14H2,1H3. The summed E-state index contributed by atoms with van der Waals surface area (Å²) in [7, 11) is 0. The predicted molar refractivity (Wildman–Crippen MR) is 96.7 cm³/mol. The average molecular weight is 355 g/mol. The van der Waals surface area contributed by atoms with E-state index < -0.39 is 0 Å². The summed E-state index contributed by atoms with van der Waals surface area (Å²) in [6, 6.07) is 5.93. The molecule has 7 heteroatoms. The molecule has 138 valence electrons. The highest BCUT2D eigenvalue weighted by Gasteiger charge is 2.31. The summed E-state index contributed by atoms with van der Waals surface area (Å²) in [5.41, 5.74) is 2.65. The first-order chi connectivity index (χ1) is 12.7. The number of carbonyl (C=O) groups excluding carboxylic acids is 1. The van der Waals surface area contributed by atoms with Crippen molar-refractivity contribution < 1.29 is 9.53 Å². The quantitative estimate of drug-likeness (QED) is 0.831. The first-order valence-electron chi connectivity index (χ1n) is 9.25. The molecular weight excluding hydrogens is 330 g/mol. The van der Waals surface area contributed by atoms with Crippen molar-refractivity contribution in [2.75, 3.05) is 32.8 Å². The van der Waals surface area contributed by atoms with Gasteiger partial charge in [0.2, 0.25) is 0 Å². The molecule has 1 unspecified atom stereocenters. The minimum Gasteiger partial charge on any atom is -0.379 e. The Bertz CT molecular complexity index is 769. The zero-order valence-corrected chi connectivity index (χ0v) is 15.2. The van der Waals surface area contributed by atoms with Crippen LogP contribution in [0.1, 0.15) is 28.2 Å². The van der Waals surface area contributed by atoms with Gasteiger partial charge in [0, 0.05) is 44.6 Å². The van der Waals surface area contributed by atoms with E-state index in [1.165, 1.54) is 0 Å². The Morgan fingerprint density at radius 2 is 2.08 bits per heavy atom. The lowest BCUT2D eigenvalue weighted by atomic mass is 10.1. The molecule has 0 radical (unpaired) electrons. The van der Waals surface area contributed by atoms with Crippen molar-refractivity contribution in [2.24, 2.45) is 0 Å². The molecule has 1 fully saturated rings. The van der Waals surface area contributed by atoms with Crippen molar-refractivity contribution in [2.45, 2.75) is 32.5 Å². The fraction of sp³-hybridized carbons (Fsp3) is 0.526. The minimum atomic E-state index is 0.00149. The third-order valence-electron chi connectivity index (χ3n) is 5.22. The van der Waals surface area contributed by atoms with Crippen LogP contribution in [0.5, 0.6) is 0 Å². The van der Waals surface area contributed by atoms with E-state index in [-0.39, 0.29) is 11.9 Å². The Labute approximate surface area is 153 Å². The second-order valence-electron chi connectivity index (χ2n) is 7.05. The van der Waals surface area contributed by atoms with Crippen molar-refractivity contribution in [1.82, 2.24) is 24.6 Å². The van der Waals surface area contributed by atoms with Crippen molar-refractivity contribution in [3.8, 4) is 0 Å². The van der Waals surface area contributed by atoms with Crippen LogP contribution in [0.15, 0.2) is 30.6 Å². The highest BCUT2D eigenvalue weighted by atomic mass is 16.5. The van der Waals surface area contributed by atoms with Gasteiger partial charge in [-0.25, -0.2) is 0 Å². The largest absolute Gasteiger partial charge is 0.379 e. The van der Waals surface area contributed by atoms with Crippen LogP contribution in [-0.4, -0.2) is 69.4 Å². The lowest BCUT2D eigenvalue weighted by molar-refractivity contribution is 0.0201. The third kappa shape index (κ3) is 3.64. The molecule has 26 heavy (non-hydrogen) atoms. The SMILES string of the molecule is Cc1ccnc(C(=O)N2Cc3ccnn3CCC2CN2CCOCC2)c1. The van der Waals surface area contributed by atoms with Gasteiger partial charge in [-0.15, -0.1) is 0 Å². The van der Waals surface area contributed by atoms with E-state index in [2.05, 4.69) is 15.0 Å². The summed E-state index contributed by atoms with van der Waals surface area (Å²) in [4.78, 5) is 22.0. The van der Waals surface area contributed by atoms with Gasteiger partial charge in [-0.3, -0.25) is 19.4 Å². The van der Waals surface area contributed by atoms with Crippen molar-refractivity contribution in [3.63, 3.8) is 0 Å². The van der Waals surface area contributed by atoms with Crippen LogP contribution in [0.3, 0.4) is 0 Å². The molecule has 4 rings (SSSR count). The molecule has 2 aliphatic rings. The number of nitrogens with zero attached hydrogens (tertiary/aromatic N) is 5. The zero-order chi connectivity index (χ0) is 17.9. The summed E-state index contributed by atoms with van der Waals surface area (Å²) in [6.07, 6.45) is 4.41. The fourth-order valence-electron chi connectivity index (χ4n) is 3.74. The van der Waals surface area contributed by atoms with Gasteiger partial charge in [-0.1, -0.05) is 0 Å². The Balaban J connectivity index is 1.59. The number of carbonyl (C=O) groups is 1. The van der Waals surface area contributed by atoms with Crippen LogP contribution in [0.4, 0.5) is 0 Å². The maximum atomic E-state index is 13.3. The maximum absolute atomic E-state index is 13.3. The second kappa shape index (κ2) is 7.55. The molecule has 2 aromatic heterocycles. The summed E-state index contributed by atoms with van der Waals surface area (Å²) in [5, 5.41) is 4.41. The molecule has 0 aliphatic carbocycles. The number of fused-ring (bicyclic) bond motifs is 1. The van der Waals surface area contributed by atoms with Crippen molar-refractivity contribution in [1.29, 1.82) is 0 Å². The topological polar surface area (TPSA) is 63.5 Å². The Morgan fingerprint density at radius 1 is 1.23 bits per heavy atom. The molecule has 0 spiro atoms. The highest BCUT2D eigenvalue weighted by molar-refractivity contribution is 5.92. The Morgan fingerprint density at radius 3 is 2.88 bits per heavy atom. The van der Waals surface area contributed by atoms with E-state index in [1.807, 2.05) is 40.9 Å². The molecular formula is C19H25N5O2.